The van der Waals surface area contributed by atoms with E-state index in [2.05, 4.69) is 10.3 Å². The largest absolute Gasteiger partial charge is 0.497 e. The average molecular weight is 330 g/mol. The van der Waals surface area contributed by atoms with E-state index in [1.807, 2.05) is 42.1 Å². The quantitative estimate of drug-likeness (QED) is 0.924. The van der Waals surface area contributed by atoms with E-state index in [0.717, 1.165) is 17.1 Å². The number of carbonyl (C=O) groups excluding carboxylic acids is 1. The van der Waals surface area contributed by atoms with Crippen molar-refractivity contribution < 1.29 is 14.3 Å². The molecule has 24 heavy (non-hydrogen) atoms. The van der Waals surface area contributed by atoms with Crippen LogP contribution in [0.3, 0.4) is 0 Å². The number of aryl methyl sites for hydroxylation is 1. The molecule has 0 saturated carbocycles. The molecule has 3 rings (SSSR count). The first-order chi connectivity index (χ1) is 11.7. The Morgan fingerprint density at radius 3 is 2.58 bits per heavy atom. The second kappa shape index (κ2) is 7.35. The molecule has 1 atom stereocenters. The number of amides is 2. The average Bonchev–Trinajstić information content (AvgIpc) is 3.06. The molecule has 1 aromatic heterocycles. The summed E-state index contributed by atoms with van der Waals surface area (Å²) in [4.78, 5) is 18.8. The van der Waals surface area contributed by atoms with Gasteiger partial charge in [-0.1, -0.05) is 12.1 Å². The molecule has 7 nitrogen and oxygen atoms in total. The molecule has 1 aliphatic heterocycles. The number of nitrogens with one attached hydrogen (secondary N) is 1. The van der Waals surface area contributed by atoms with E-state index in [1.165, 1.54) is 0 Å². The predicted molar refractivity (Wildman–Crippen MR) is 89.0 cm³/mol. The SMILES string of the molecule is COc1ccc(C(NC(=O)N2CCOCC2)c2nccn2C)cc1. The molecular formula is C17H22N4O3. The number of imidazole rings is 1. The van der Waals surface area contributed by atoms with Gasteiger partial charge in [0.2, 0.25) is 0 Å². The van der Waals surface area contributed by atoms with Gasteiger partial charge < -0.3 is 24.3 Å². The van der Waals surface area contributed by atoms with E-state index in [1.54, 1.807) is 18.2 Å². The summed E-state index contributed by atoms with van der Waals surface area (Å²) < 4.78 is 12.4. The minimum absolute atomic E-state index is 0.109. The van der Waals surface area contributed by atoms with Gasteiger partial charge in [-0.2, -0.15) is 0 Å². The predicted octanol–water partition coefficient (Wildman–Crippen LogP) is 1.56. The van der Waals surface area contributed by atoms with Crippen molar-refractivity contribution in [2.24, 2.45) is 7.05 Å². The third-order valence-electron chi connectivity index (χ3n) is 4.13. The minimum Gasteiger partial charge on any atom is -0.497 e. The van der Waals surface area contributed by atoms with Crippen LogP contribution in [-0.2, 0) is 11.8 Å². The van der Waals surface area contributed by atoms with Gasteiger partial charge in [-0.05, 0) is 17.7 Å². The third kappa shape index (κ3) is 3.51. The first-order valence-electron chi connectivity index (χ1n) is 7.93. The normalized spacial score (nSPS) is 15.8. The number of hydrogen-bond acceptors (Lipinski definition) is 4. The van der Waals surface area contributed by atoms with Gasteiger partial charge in [-0.25, -0.2) is 9.78 Å². The van der Waals surface area contributed by atoms with Crippen LogP contribution in [0.25, 0.3) is 0 Å². The Labute approximate surface area is 141 Å². The van der Waals surface area contributed by atoms with Crippen molar-refractivity contribution in [1.29, 1.82) is 0 Å². The van der Waals surface area contributed by atoms with Gasteiger partial charge in [0.05, 0.1) is 20.3 Å². The van der Waals surface area contributed by atoms with Gasteiger partial charge in [0.25, 0.3) is 0 Å². The maximum absolute atomic E-state index is 12.6. The van der Waals surface area contributed by atoms with Crippen LogP contribution in [0.15, 0.2) is 36.7 Å². The van der Waals surface area contributed by atoms with E-state index in [4.69, 9.17) is 9.47 Å². The molecule has 0 spiro atoms. The monoisotopic (exact) mass is 330 g/mol. The van der Waals surface area contributed by atoms with E-state index in [9.17, 15) is 4.79 Å². The van der Waals surface area contributed by atoms with Crippen molar-refractivity contribution in [3.8, 4) is 5.75 Å². The molecule has 1 saturated heterocycles. The van der Waals surface area contributed by atoms with Crippen LogP contribution < -0.4 is 10.1 Å². The summed E-state index contributed by atoms with van der Waals surface area (Å²) in [5, 5.41) is 3.09. The van der Waals surface area contributed by atoms with Crippen LogP contribution in [0.1, 0.15) is 17.4 Å². The van der Waals surface area contributed by atoms with Gasteiger partial charge in [0.15, 0.2) is 0 Å². The second-order valence-corrected chi connectivity index (χ2v) is 5.65. The number of urea groups is 1. The summed E-state index contributed by atoms with van der Waals surface area (Å²) in [5.74, 6) is 1.55. The van der Waals surface area contributed by atoms with Crippen molar-refractivity contribution in [2.75, 3.05) is 33.4 Å². The van der Waals surface area contributed by atoms with E-state index in [0.29, 0.717) is 26.3 Å². The van der Waals surface area contributed by atoms with Crippen LogP contribution in [0, 0.1) is 0 Å². The Morgan fingerprint density at radius 1 is 1.29 bits per heavy atom. The second-order valence-electron chi connectivity index (χ2n) is 5.65. The maximum Gasteiger partial charge on any atom is 0.318 e. The Kier molecular flexibility index (Phi) is 5.00. The highest BCUT2D eigenvalue weighted by atomic mass is 16.5. The number of rotatable bonds is 4. The molecule has 7 heteroatoms. The molecule has 1 aromatic carbocycles. The highest BCUT2D eigenvalue weighted by Gasteiger charge is 2.24. The van der Waals surface area contributed by atoms with Crippen LogP contribution >= 0.6 is 0 Å². The van der Waals surface area contributed by atoms with Crippen molar-refractivity contribution in [3.05, 3.63) is 48.0 Å². The topological polar surface area (TPSA) is 68.6 Å². The summed E-state index contributed by atoms with van der Waals surface area (Å²) >= 11 is 0. The molecule has 2 heterocycles. The van der Waals surface area contributed by atoms with Gasteiger partial charge in [-0.15, -0.1) is 0 Å². The Bertz CT molecular complexity index is 677. The van der Waals surface area contributed by atoms with Crippen molar-refractivity contribution >= 4 is 6.03 Å². The van der Waals surface area contributed by atoms with Crippen LogP contribution in [0.5, 0.6) is 5.75 Å². The fraction of sp³-hybridized carbons (Fsp3) is 0.412. The van der Waals surface area contributed by atoms with Gasteiger partial charge in [0, 0.05) is 32.5 Å². The van der Waals surface area contributed by atoms with Gasteiger partial charge in [0.1, 0.15) is 17.6 Å². The Hall–Kier alpha value is -2.54. The zero-order valence-corrected chi connectivity index (χ0v) is 13.9. The fourth-order valence-corrected chi connectivity index (χ4v) is 2.73. The van der Waals surface area contributed by atoms with Crippen molar-refractivity contribution in [1.82, 2.24) is 19.8 Å². The molecule has 0 radical (unpaired) electrons. The number of nitrogens with zero attached hydrogens (tertiary/aromatic N) is 3. The highest BCUT2D eigenvalue weighted by Crippen LogP contribution is 2.23. The van der Waals surface area contributed by atoms with Gasteiger partial charge in [-0.3, -0.25) is 0 Å². The lowest BCUT2D eigenvalue weighted by Gasteiger charge is -2.29. The number of methoxy groups -OCH3 is 1. The number of hydrogen-bond donors (Lipinski definition) is 1. The third-order valence-corrected chi connectivity index (χ3v) is 4.13. The number of aromatic nitrogens is 2. The molecule has 0 bridgehead atoms. The lowest BCUT2D eigenvalue weighted by atomic mass is 10.1. The molecule has 1 unspecified atom stereocenters. The van der Waals surface area contributed by atoms with Crippen LogP contribution in [-0.4, -0.2) is 53.9 Å². The number of ether oxygens (including phenoxy) is 2. The summed E-state index contributed by atoms with van der Waals surface area (Å²) in [5.41, 5.74) is 0.951. The lowest BCUT2D eigenvalue weighted by molar-refractivity contribution is 0.0527. The minimum atomic E-state index is -0.328. The molecule has 2 amide bonds. The highest BCUT2D eigenvalue weighted by molar-refractivity contribution is 5.75. The molecule has 1 N–H and O–H groups in total. The fourth-order valence-electron chi connectivity index (χ4n) is 2.73. The summed E-state index contributed by atoms with van der Waals surface area (Å²) in [7, 11) is 3.55. The number of morpholine rings is 1. The molecule has 128 valence electrons. The summed E-state index contributed by atoms with van der Waals surface area (Å²) in [6.45, 7) is 2.34. The Morgan fingerprint density at radius 2 is 2.00 bits per heavy atom. The maximum atomic E-state index is 12.6. The van der Waals surface area contributed by atoms with Gasteiger partial charge >= 0.3 is 6.03 Å². The van der Waals surface area contributed by atoms with Crippen molar-refractivity contribution in [2.45, 2.75) is 6.04 Å². The molecule has 1 aliphatic rings. The van der Waals surface area contributed by atoms with Crippen molar-refractivity contribution in [3.63, 3.8) is 0 Å². The Balaban J connectivity index is 1.84. The molecule has 2 aromatic rings. The van der Waals surface area contributed by atoms with Crippen LogP contribution in [0.2, 0.25) is 0 Å². The zero-order chi connectivity index (χ0) is 16.9. The smallest absolute Gasteiger partial charge is 0.318 e. The standard InChI is InChI=1S/C17H22N4O3/c1-20-8-7-18-16(20)15(13-3-5-14(23-2)6-4-13)19-17(22)21-9-11-24-12-10-21/h3-8,15H,9-12H2,1-2H3,(H,19,22). The van der Waals surface area contributed by atoms with E-state index < -0.39 is 0 Å². The first-order valence-corrected chi connectivity index (χ1v) is 7.93. The molecular weight excluding hydrogens is 308 g/mol. The zero-order valence-electron chi connectivity index (χ0n) is 13.9. The number of carbonyl (C=O) groups is 1. The van der Waals surface area contributed by atoms with Crippen LogP contribution in [0.4, 0.5) is 4.79 Å². The number of benzene rings is 1. The lowest BCUT2D eigenvalue weighted by Crippen LogP contribution is -2.47. The first kappa shape index (κ1) is 16.3. The summed E-state index contributed by atoms with van der Waals surface area (Å²) in [6, 6.07) is 7.21. The molecule has 0 aliphatic carbocycles. The summed E-state index contributed by atoms with van der Waals surface area (Å²) in [6.07, 6.45) is 3.60. The van der Waals surface area contributed by atoms with E-state index in [-0.39, 0.29) is 12.1 Å². The van der Waals surface area contributed by atoms with E-state index >= 15 is 0 Å². The molecule has 1 fully saturated rings.